The predicted molar refractivity (Wildman–Crippen MR) is 103 cm³/mol. The molecule has 1 aliphatic rings. The number of carboxylic acid groups (broad SMARTS) is 1. The number of amides is 1. The fourth-order valence-electron chi connectivity index (χ4n) is 3.15. The number of aliphatic carboxylic acids is 1. The molecule has 1 N–H and O–H groups in total. The summed E-state index contributed by atoms with van der Waals surface area (Å²) in [6.45, 7) is 3.29. The Balaban J connectivity index is 2.54. The second-order valence-corrected chi connectivity index (χ2v) is 8.93. The zero-order chi connectivity index (χ0) is 20.2. The van der Waals surface area contributed by atoms with Crippen molar-refractivity contribution in [2.24, 2.45) is 0 Å². The van der Waals surface area contributed by atoms with Crippen molar-refractivity contribution in [2.75, 3.05) is 45.2 Å². The van der Waals surface area contributed by atoms with Gasteiger partial charge in [-0.3, -0.25) is 9.59 Å². The van der Waals surface area contributed by atoms with E-state index in [1.165, 1.54) is 31.1 Å². The molecular weight excluding hydrogens is 370 g/mol. The van der Waals surface area contributed by atoms with E-state index in [0.29, 0.717) is 12.1 Å². The third kappa shape index (κ3) is 4.78. The van der Waals surface area contributed by atoms with Crippen molar-refractivity contribution in [3.05, 3.63) is 23.8 Å². The van der Waals surface area contributed by atoms with Crippen LogP contribution in [-0.4, -0.2) is 74.9 Å². The van der Waals surface area contributed by atoms with Crippen molar-refractivity contribution in [3.63, 3.8) is 0 Å². The summed E-state index contributed by atoms with van der Waals surface area (Å²) >= 11 is 0. The molecule has 0 aromatic heterocycles. The SMILES string of the molecule is CCCN(CC(=O)O)C(=O)c1cc(S(=O)(=O)N(C)C)ccc1N1CCCC1. The lowest BCUT2D eigenvalue weighted by atomic mass is 10.1. The predicted octanol–water partition coefficient (Wildman–Crippen LogP) is 1.47. The lowest BCUT2D eigenvalue weighted by Gasteiger charge is -2.26. The van der Waals surface area contributed by atoms with Crippen molar-refractivity contribution in [2.45, 2.75) is 31.1 Å². The molecule has 1 aromatic rings. The van der Waals surface area contributed by atoms with Crippen molar-refractivity contribution in [1.29, 1.82) is 0 Å². The molecule has 9 heteroatoms. The molecule has 0 aliphatic carbocycles. The first-order valence-corrected chi connectivity index (χ1v) is 10.4. The van der Waals surface area contributed by atoms with Gasteiger partial charge in [-0.2, -0.15) is 0 Å². The van der Waals surface area contributed by atoms with Crippen molar-refractivity contribution in [3.8, 4) is 0 Å². The molecule has 1 aliphatic heterocycles. The molecule has 1 aromatic carbocycles. The van der Waals surface area contributed by atoms with Crippen LogP contribution in [0.5, 0.6) is 0 Å². The maximum absolute atomic E-state index is 13.1. The van der Waals surface area contributed by atoms with Crippen LogP contribution < -0.4 is 4.90 Å². The van der Waals surface area contributed by atoms with Gasteiger partial charge in [0.05, 0.1) is 10.5 Å². The van der Waals surface area contributed by atoms with Crippen molar-refractivity contribution < 1.29 is 23.1 Å². The Morgan fingerprint density at radius 2 is 1.81 bits per heavy atom. The number of anilines is 1. The van der Waals surface area contributed by atoms with Gasteiger partial charge in [-0.25, -0.2) is 12.7 Å². The van der Waals surface area contributed by atoms with Crippen molar-refractivity contribution >= 4 is 27.6 Å². The van der Waals surface area contributed by atoms with Gasteiger partial charge in [0.1, 0.15) is 6.54 Å². The monoisotopic (exact) mass is 397 g/mol. The summed E-state index contributed by atoms with van der Waals surface area (Å²) in [7, 11) is -0.847. The van der Waals surface area contributed by atoms with E-state index in [2.05, 4.69) is 0 Å². The molecule has 8 nitrogen and oxygen atoms in total. The minimum atomic E-state index is -3.71. The molecule has 1 heterocycles. The van der Waals surface area contributed by atoms with Crippen LogP contribution in [0.25, 0.3) is 0 Å². The molecule has 1 amide bonds. The number of benzene rings is 1. The lowest BCUT2D eigenvalue weighted by molar-refractivity contribution is -0.137. The summed E-state index contributed by atoms with van der Waals surface area (Å²) < 4.78 is 26.1. The first-order chi connectivity index (χ1) is 12.7. The third-order valence-electron chi connectivity index (χ3n) is 4.53. The van der Waals surface area contributed by atoms with Crippen LogP contribution in [-0.2, 0) is 14.8 Å². The highest BCUT2D eigenvalue weighted by molar-refractivity contribution is 7.89. The number of nitrogens with zero attached hydrogens (tertiary/aromatic N) is 3. The number of rotatable bonds is 8. The van der Waals surface area contributed by atoms with Crippen LogP contribution >= 0.6 is 0 Å². The summed E-state index contributed by atoms with van der Waals surface area (Å²) in [5.74, 6) is -1.56. The molecule has 1 saturated heterocycles. The fraction of sp³-hybridized carbons (Fsp3) is 0.556. The summed E-state index contributed by atoms with van der Waals surface area (Å²) in [6.07, 6.45) is 2.60. The first-order valence-electron chi connectivity index (χ1n) is 9.01. The highest BCUT2D eigenvalue weighted by Gasteiger charge is 2.27. The number of hydrogen-bond acceptors (Lipinski definition) is 5. The Bertz CT molecular complexity index is 801. The minimum absolute atomic E-state index is 0.0190. The highest BCUT2D eigenvalue weighted by atomic mass is 32.2. The maximum atomic E-state index is 13.1. The summed E-state index contributed by atoms with van der Waals surface area (Å²) in [4.78, 5) is 27.6. The van der Waals surface area contributed by atoms with Crippen LogP contribution in [0.4, 0.5) is 5.69 Å². The van der Waals surface area contributed by atoms with Gasteiger partial charge in [-0.1, -0.05) is 6.92 Å². The van der Waals surface area contributed by atoms with Gasteiger partial charge < -0.3 is 14.9 Å². The number of carbonyl (C=O) groups is 2. The van der Waals surface area contributed by atoms with E-state index in [9.17, 15) is 18.0 Å². The lowest BCUT2D eigenvalue weighted by Crippen LogP contribution is -2.37. The first kappa shape index (κ1) is 21.2. The van der Waals surface area contributed by atoms with Gasteiger partial charge in [0, 0.05) is 39.4 Å². The molecule has 0 saturated carbocycles. The summed E-state index contributed by atoms with van der Waals surface area (Å²) in [5.41, 5.74) is 0.885. The van der Waals surface area contributed by atoms with E-state index in [1.54, 1.807) is 6.07 Å². The summed E-state index contributed by atoms with van der Waals surface area (Å²) in [5, 5.41) is 9.14. The van der Waals surface area contributed by atoms with Crippen LogP contribution in [0.2, 0.25) is 0 Å². The smallest absolute Gasteiger partial charge is 0.323 e. The Kier molecular flexibility index (Phi) is 6.83. The van der Waals surface area contributed by atoms with Gasteiger partial charge >= 0.3 is 5.97 Å². The number of carbonyl (C=O) groups excluding carboxylic acids is 1. The van der Waals surface area contributed by atoms with E-state index < -0.39 is 28.4 Å². The van der Waals surface area contributed by atoms with E-state index in [4.69, 9.17) is 5.11 Å². The molecular formula is C18H27N3O5S. The molecule has 2 rings (SSSR count). The van der Waals surface area contributed by atoms with Gasteiger partial charge in [-0.05, 0) is 37.5 Å². The fourth-order valence-corrected chi connectivity index (χ4v) is 4.08. The van der Waals surface area contributed by atoms with Crippen LogP contribution in [0, 0.1) is 0 Å². The average molecular weight is 397 g/mol. The molecule has 0 spiro atoms. The van der Waals surface area contributed by atoms with Gasteiger partial charge in [0.25, 0.3) is 5.91 Å². The minimum Gasteiger partial charge on any atom is -0.480 e. The average Bonchev–Trinajstić information content (AvgIpc) is 3.14. The maximum Gasteiger partial charge on any atom is 0.323 e. The highest BCUT2D eigenvalue weighted by Crippen LogP contribution is 2.29. The number of hydrogen-bond donors (Lipinski definition) is 1. The van der Waals surface area contributed by atoms with Crippen LogP contribution in [0.15, 0.2) is 23.1 Å². The van der Waals surface area contributed by atoms with E-state index in [0.717, 1.165) is 30.2 Å². The Hall–Kier alpha value is -2.13. The molecule has 1 fully saturated rings. The standard InChI is InChI=1S/C18H27N3O5S/c1-4-9-21(13-17(22)23)18(24)15-12-14(27(25,26)19(2)3)7-8-16(15)20-10-5-6-11-20/h7-8,12H,4-6,9-11,13H2,1-3H3,(H,22,23). The van der Waals surface area contributed by atoms with Crippen LogP contribution in [0.1, 0.15) is 36.5 Å². The molecule has 0 unspecified atom stereocenters. The Morgan fingerprint density at radius 1 is 1.19 bits per heavy atom. The van der Waals surface area contributed by atoms with Crippen LogP contribution in [0.3, 0.4) is 0 Å². The Labute approximate surface area is 160 Å². The van der Waals surface area contributed by atoms with Crippen molar-refractivity contribution in [1.82, 2.24) is 9.21 Å². The van der Waals surface area contributed by atoms with E-state index in [1.807, 2.05) is 11.8 Å². The largest absolute Gasteiger partial charge is 0.480 e. The van der Waals surface area contributed by atoms with E-state index >= 15 is 0 Å². The second kappa shape index (κ2) is 8.71. The normalized spacial score (nSPS) is 14.6. The summed E-state index contributed by atoms with van der Waals surface area (Å²) in [6, 6.07) is 4.52. The third-order valence-corrected chi connectivity index (χ3v) is 6.34. The van der Waals surface area contributed by atoms with Gasteiger partial charge in [0.15, 0.2) is 0 Å². The zero-order valence-corrected chi connectivity index (χ0v) is 16.8. The quantitative estimate of drug-likeness (QED) is 0.713. The molecule has 27 heavy (non-hydrogen) atoms. The van der Waals surface area contributed by atoms with E-state index in [-0.39, 0.29) is 17.0 Å². The topological polar surface area (TPSA) is 98.2 Å². The second-order valence-electron chi connectivity index (χ2n) is 6.78. The molecule has 150 valence electrons. The molecule has 0 atom stereocenters. The van der Waals surface area contributed by atoms with Gasteiger partial charge in [0.2, 0.25) is 10.0 Å². The number of carboxylic acids is 1. The molecule has 0 radical (unpaired) electrons. The molecule has 0 bridgehead atoms. The zero-order valence-electron chi connectivity index (χ0n) is 16.0. The number of sulfonamides is 1. The Morgan fingerprint density at radius 3 is 2.33 bits per heavy atom. The van der Waals surface area contributed by atoms with Gasteiger partial charge in [-0.15, -0.1) is 0 Å².